The normalized spacial score (nSPS) is 16.1. The fourth-order valence-electron chi connectivity index (χ4n) is 3.48. The Morgan fingerprint density at radius 1 is 1.21 bits per heavy atom. The Morgan fingerprint density at radius 3 is 2.82 bits per heavy atom. The third kappa shape index (κ3) is 6.51. The van der Waals surface area contributed by atoms with E-state index >= 15 is 0 Å². The lowest BCUT2D eigenvalue weighted by atomic mass is 10.1. The zero-order valence-corrected chi connectivity index (χ0v) is 16.7. The van der Waals surface area contributed by atoms with Crippen LogP contribution in [-0.4, -0.2) is 65.6 Å². The molecule has 2 heterocycles. The van der Waals surface area contributed by atoms with Gasteiger partial charge in [-0.3, -0.25) is 0 Å². The molecular formula is C21H32N4O3. The van der Waals surface area contributed by atoms with Crippen molar-refractivity contribution < 1.29 is 14.6 Å². The van der Waals surface area contributed by atoms with Crippen molar-refractivity contribution in [3.8, 4) is 11.5 Å². The van der Waals surface area contributed by atoms with Crippen LogP contribution in [-0.2, 0) is 13.1 Å². The minimum absolute atomic E-state index is 0.268. The third-order valence-corrected chi connectivity index (χ3v) is 5.01. The maximum Gasteiger partial charge on any atom is 0.161 e. The van der Waals surface area contributed by atoms with Gasteiger partial charge < -0.3 is 29.4 Å². The molecular weight excluding hydrogens is 356 g/mol. The maximum absolute atomic E-state index is 10.3. The monoisotopic (exact) mass is 388 g/mol. The second-order valence-electron chi connectivity index (χ2n) is 7.29. The number of aliphatic hydroxyl groups is 1. The smallest absolute Gasteiger partial charge is 0.161 e. The van der Waals surface area contributed by atoms with Crippen molar-refractivity contribution in [3.63, 3.8) is 0 Å². The zero-order valence-electron chi connectivity index (χ0n) is 16.7. The van der Waals surface area contributed by atoms with Crippen molar-refractivity contribution in [2.75, 3.05) is 39.9 Å². The first-order valence-corrected chi connectivity index (χ1v) is 10.1. The van der Waals surface area contributed by atoms with Crippen molar-refractivity contribution in [1.29, 1.82) is 0 Å². The number of imidazole rings is 1. The first-order valence-electron chi connectivity index (χ1n) is 10.1. The molecule has 2 aromatic rings. The fraction of sp³-hybridized carbons (Fsp3) is 0.571. The molecule has 0 radical (unpaired) electrons. The summed E-state index contributed by atoms with van der Waals surface area (Å²) in [5, 5.41) is 13.8. The van der Waals surface area contributed by atoms with Crippen LogP contribution in [0.25, 0.3) is 0 Å². The number of nitrogens with zero attached hydrogens (tertiary/aromatic N) is 3. The molecule has 0 bridgehead atoms. The molecule has 1 atom stereocenters. The molecule has 3 rings (SSSR count). The highest BCUT2D eigenvalue weighted by atomic mass is 16.5. The summed E-state index contributed by atoms with van der Waals surface area (Å²) >= 11 is 0. The third-order valence-electron chi connectivity index (χ3n) is 5.01. The molecule has 2 N–H and O–H groups in total. The summed E-state index contributed by atoms with van der Waals surface area (Å²) in [6.45, 7) is 5.55. The Hall–Kier alpha value is -2.09. The number of hydrogen-bond donors (Lipinski definition) is 2. The number of rotatable bonds is 11. The van der Waals surface area contributed by atoms with Crippen LogP contribution < -0.4 is 14.8 Å². The van der Waals surface area contributed by atoms with Gasteiger partial charge >= 0.3 is 0 Å². The maximum atomic E-state index is 10.3. The van der Waals surface area contributed by atoms with Gasteiger partial charge in [0.15, 0.2) is 11.5 Å². The highest BCUT2D eigenvalue weighted by Crippen LogP contribution is 2.28. The summed E-state index contributed by atoms with van der Waals surface area (Å²) in [7, 11) is 1.63. The summed E-state index contributed by atoms with van der Waals surface area (Å²) in [6.07, 6.45) is 8.79. The molecule has 0 aliphatic carbocycles. The highest BCUT2D eigenvalue weighted by Gasteiger charge is 2.16. The summed E-state index contributed by atoms with van der Waals surface area (Å²) in [5.74, 6) is 1.36. The molecule has 7 heteroatoms. The molecule has 0 spiro atoms. The second-order valence-corrected chi connectivity index (χ2v) is 7.29. The Kier molecular flexibility index (Phi) is 8.14. The minimum Gasteiger partial charge on any atom is -0.493 e. The van der Waals surface area contributed by atoms with Gasteiger partial charge in [0.1, 0.15) is 12.7 Å². The molecule has 0 saturated carbocycles. The summed E-state index contributed by atoms with van der Waals surface area (Å²) in [6, 6.07) is 5.93. The van der Waals surface area contributed by atoms with Crippen molar-refractivity contribution in [1.82, 2.24) is 19.8 Å². The number of aromatic nitrogens is 2. The van der Waals surface area contributed by atoms with Crippen molar-refractivity contribution in [2.45, 2.75) is 38.5 Å². The van der Waals surface area contributed by atoms with Gasteiger partial charge in [-0.1, -0.05) is 12.5 Å². The lowest BCUT2D eigenvalue weighted by molar-refractivity contribution is 0.0608. The molecule has 1 aliphatic heterocycles. The van der Waals surface area contributed by atoms with Crippen molar-refractivity contribution >= 4 is 0 Å². The van der Waals surface area contributed by atoms with Crippen LogP contribution in [0.2, 0.25) is 0 Å². The highest BCUT2D eigenvalue weighted by molar-refractivity contribution is 5.43. The number of nitrogens with one attached hydrogen (secondary N) is 1. The quantitative estimate of drug-likeness (QED) is 0.573. The van der Waals surface area contributed by atoms with E-state index in [1.165, 1.54) is 19.3 Å². The number of likely N-dealkylation sites (tertiary alicyclic amines) is 1. The van der Waals surface area contributed by atoms with E-state index in [1.54, 1.807) is 13.3 Å². The topological polar surface area (TPSA) is 71.8 Å². The fourth-order valence-corrected chi connectivity index (χ4v) is 3.48. The Morgan fingerprint density at radius 2 is 2.07 bits per heavy atom. The summed E-state index contributed by atoms with van der Waals surface area (Å²) < 4.78 is 13.3. The molecule has 7 nitrogen and oxygen atoms in total. The van der Waals surface area contributed by atoms with E-state index in [0.29, 0.717) is 18.0 Å². The van der Waals surface area contributed by atoms with E-state index in [4.69, 9.17) is 9.47 Å². The lowest BCUT2D eigenvalue weighted by Crippen LogP contribution is -2.38. The van der Waals surface area contributed by atoms with Crippen molar-refractivity contribution in [3.05, 3.63) is 42.5 Å². The first kappa shape index (κ1) is 20.6. The van der Waals surface area contributed by atoms with Crippen LogP contribution >= 0.6 is 0 Å². The SMILES string of the molecule is COc1ccc(CNCCn2ccnc2)cc1OC[C@@H](O)CN1CCCCC1. The Bertz CT molecular complexity index is 687. The zero-order chi connectivity index (χ0) is 19.6. The van der Waals surface area contributed by atoms with Crippen LogP contribution in [0.3, 0.4) is 0 Å². The number of benzene rings is 1. The van der Waals surface area contributed by atoms with E-state index in [2.05, 4.69) is 15.2 Å². The molecule has 28 heavy (non-hydrogen) atoms. The number of hydrogen-bond acceptors (Lipinski definition) is 6. The minimum atomic E-state index is -0.500. The number of piperidine rings is 1. The van der Waals surface area contributed by atoms with E-state index in [1.807, 2.05) is 35.3 Å². The number of methoxy groups -OCH3 is 1. The van der Waals surface area contributed by atoms with Crippen LogP contribution in [0.15, 0.2) is 36.9 Å². The van der Waals surface area contributed by atoms with E-state index in [0.717, 1.165) is 38.3 Å². The van der Waals surface area contributed by atoms with E-state index < -0.39 is 6.10 Å². The van der Waals surface area contributed by atoms with E-state index in [-0.39, 0.29) is 6.61 Å². The predicted octanol–water partition coefficient (Wildman–Crippen LogP) is 1.91. The number of β-amino-alcohol motifs (C(OH)–C–C–N with tert-alkyl or cyclic N) is 1. The molecule has 154 valence electrons. The number of ether oxygens (including phenoxy) is 2. The summed E-state index contributed by atoms with van der Waals surface area (Å²) in [4.78, 5) is 6.36. The molecule has 1 aliphatic rings. The first-order chi connectivity index (χ1) is 13.7. The standard InChI is InChI=1S/C21H32N4O3/c1-27-20-6-5-18(14-22-7-11-25-12-8-23-17-25)13-21(20)28-16-19(26)15-24-9-3-2-4-10-24/h5-6,8,12-13,17,19,22,26H,2-4,7,9-11,14-16H2,1H3/t19-/m0/s1. The molecule has 1 aromatic heterocycles. The van der Waals surface area contributed by atoms with Gasteiger partial charge in [0.25, 0.3) is 0 Å². The van der Waals surface area contributed by atoms with Crippen LogP contribution in [0.5, 0.6) is 11.5 Å². The van der Waals surface area contributed by atoms with Gasteiger partial charge in [-0.2, -0.15) is 0 Å². The average molecular weight is 389 g/mol. The van der Waals surface area contributed by atoms with Crippen LogP contribution in [0, 0.1) is 0 Å². The average Bonchev–Trinajstić information content (AvgIpc) is 3.24. The van der Waals surface area contributed by atoms with Gasteiger partial charge in [0.05, 0.1) is 13.4 Å². The van der Waals surface area contributed by atoms with Gasteiger partial charge in [0.2, 0.25) is 0 Å². The van der Waals surface area contributed by atoms with Gasteiger partial charge in [-0.15, -0.1) is 0 Å². The van der Waals surface area contributed by atoms with Crippen LogP contribution in [0.1, 0.15) is 24.8 Å². The predicted molar refractivity (Wildman–Crippen MR) is 109 cm³/mol. The second kappa shape index (κ2) is 11.0. The molecule has 1 aromatic carbocycles. The largest absolute Gasteiger partial charge is 0.493 e. The van der Waals surface area contributed by atoms with Gasteiger partial charge in [-0.25, -0.2) is 4.98 Å². The molecule has 1 fully saturated rings. The van der Waals surface area contributed by atoms with Crippen molar-refractivity contribution in [2.24, 2.45) is 0 Å². The Balaban J connectivity index is 1.46. The summed E-state index contributed by atoms with van der Waals surface area (Å²) in [5.41, 5.74) is 1.12. The molecule has 1 saturated heterocycles. The molecule has 0 amide bonds. The van der Waals surface area contributed by atoms with Gasteiger partial charge in [-0.05, 0) is 43.6 Å². The number of aliphatic hydroxyl groups excluding tert-OH is 1. The van der Waals surface area contributed by atoms with E-state index in [9.17, 15) is 5.11 Å². The van der Waals surface area contributed by atoms with Crippen LogP contribution in [0.4, 0.5) is 0 Å². The Labute approximate surface area is 167 Å². The lowest BCUT2D eigenvalue weighted by Gasteiger charge is -2.28. The molecule has 0 unspecified atom stereocenters. The van der Waals surface area contributed by atoms with Gasteiger partial charge in [0, 0.05) is 38.6 Å².